The van der Waals surface area contributed by atoms with E-state index >= 15 is 0 Å². The van der Waals surface area contributed by atoms with Gasteiger partial charge in [0.15, 0.2) is 0 Å². The summed E-state index contributed by atoms with van der Waals surface area (Å²) in [6, 6.07) is 16.2. The molecule has 1 saturated heterocycles. The van der Waals surface area contributed by atoms with Crippen LogP contribution in [0.2, 0.25) is 0 Å². The van der Waals surface area contributed by atoms with Gasteiger partial charge in [0.05, 0.1) is 16.1 Å². The second kappa shape index (κ2) is 5.96. The van der Waals surface area contributed by atoms with Crippen molar-refractivity contribution in [1.29, 1.82) is 0 Å². The van der Waals surface area contributed by atoms with Crippen molar-refractivity contribution in [3.05, 3.63) is 54.6 Å². The number of H-pyrrole nitrogens is 1. The fraction of sp³-hybridized carbons (Fsp3) is 0.222. The average molecular weight is 341 g/mol. The van der Waals surface area contributed by atoms with E-state index in [0.29, 0.717) is 4.90 Å². The third kappa shape index (κ3) is 2.57. The van der Waals surface area contributed by atoms with Gasteiger partial charge in [-0.25, -0.2) is 8.42 Å². The molecular formula is C18H19N3O2S. The molecule has 2 heterocycles. The van der Waals surface area contributed by atoms with E-state index in [4.69, 9.17) is 0 Å². The average Bonchev–Trinajstić information content (AvgIpc) is 3.08. The van der Waals surface area contributed by atoms with Crippen LogP contribution in [0.4, 0.5) is 5.69 Å². The normalized spacial score (nSPS) is 15.8. The molecule has 3 aromatic rings. The van der Waals surface area contributed by atoms with Crippen LogP contribution in [0, 0.1) is 0 Å². The smallest absolute Gasteiger partial charge is 0.221 e. The van der Waals surface area contributed by atoms with Crippen molar-refractivity contribution < 1.29 is 8.42 Å². The molecule has 24 heavy (non-hydrogen) atoms. The van der Waals surface area contributed by atoms with Gasteiger partial charge in [0.1, 0.15) is 5.03 Å². The minimum atomic E-state index is -3.53. The maximum Gasteiger partial charge on any atom is 0.221 e. The molecule has 0 aliphatic carbocycles. The molecule has 0 spiro atoms. The minimum Gasteiger partial charge on any atom is -0.367 e. The van der Waals surface area contributed by atoms with E-state index in [1.165, 1.54) is 0 Å². The van der Waals surface area contributed by atoms with Crippen LogP contribution in [-0.2, 0) is 9.84 Å². The summed E-state index contributed by atoms with van der Waals surface area (Å²) in [7, 11) is -3.53. The highest BCUT2D eigenvalue weighted by molar-refractivity contribution is 7.91. The summed E-state index contributed by atoms with van der Waals surface area (Å²) < 4.78 is 25.7. The minimum absolute atomic E-state index is 0.242. The van der Waals surface area contributed by atoms with E-state index in [0.717, 1.165) is 42.8 Å². The SMILES string of the molecule is O=S(=O)(c1ccccc1)c1cc2cccc(N3CCNCC3)c2[nH]1. The number of fused-ring (bicyclic) bond motifs is 1. The van der Waals surface area contributed by atoms with E-state index in [9.17, 15) is 8.42 Å². The van der Waals surface area contributed by atoms with Gasteiger partial charge in [-0.3, -0.25) is 0 Å². The van der Waals surface area contributed by atoms with Crippen LogP contribution in [0.15, 0.2) is 64.5 Å². The van der Waals surface area contributed by atoms with Gasteiger partial charge in [0, 0.05) is 31.6 Å². The predicted molar refractivity (Wildman–Crippen MR) is 95.3 cm³/mol. The number of piperazine rings is 1. The Morgan fingerprint density at radius 1 is 0.917 bits per heavy atom. The van der Waals surface area contributed by atoms with Crippen molar-refractivity contribution in [2.75, 3.05) is 31.1 Å². The zero-order valence-corrected chi connectivity index (χ0v) is 14.0. The zero-order valence-electron chi connectivity index (χ0n) is 13.2. The third-order valence-corrected chi connectivity index (χ3v) is 6.10. The molecule has 1 fully saturated rings. The molecule has 1 aromatic heterocycles. The first-order chi connectivity index (χ1) is 11.7. The Kier molecular flexibility index (Phi) is 3.78. The highest BCUT2D eigenvalue weighted by atomic mass is 32.2. The lowest BCUT2D eigenvalue weighted by Crippen LogP contribution is -2.43. The Bertz CT molecular complexity index is 958. The number of para-hydroxylation sites is 1. The van der Waals surface area contributed by atoms with Crippen LogP contribution in [0.25, 0.3) is 10.9 Å². The highest BCUT2D eigenvalue weighted by Crippen LogP contribution is 2.30. The topological polar surface area (TPSA) is 65.2 Å². The number of anilines is 1. The molecule has 0 bridgehead atoms. The predicted octanol–water partition coefficient (Wildman–Crippen LogP) is 2.41. The molecule has 0 atom stereocenters. The van der Waals surface area contributed by atoms with E-state index in [2.05, 4.69) is 15.2 Å². The Labute approximate surface area is 141 Å². The van der Waals surface area contributed by atoms with Gasteiger partial charge in [-0.1, -0.05) is 30.3 Å². The molecule has 124 valence electrons. The van der Waals surface area contributed by atoms with Crippen molar-refractivity contribution in [3.63, 3.8) is 0 Å². The third-order valence-electron chi connectivity index (χ3n) is 4.41. The summed E-state index contributed by atoms with van der Waals surface area (Å²) in [4.78, 5) is 5.74. The number of nitrogens with zero attached hydrogens (tertiary/aromatic N) is 1. The monoisotopic (exact) mass is 341 g/mol. The van der Waals surface area contributed by atoms with Crippen LogP contribution in [0.3, 0.4) is 0 Å². The number of aromatic amines is 1. The number of benzene rings is 2. The Hall–Kier alpha value is -2.31. The second-order valence-corrected chi connectivity index (χ2v) is 7.85. The van der Waals surface area contributed by atoms with E-state index < -0.39 is 9.84 Å². The van der Waals surface area contributed by atoms with E-state index in [1.54, 1.807) is 30.3 Å². The summed E-state index contributed by atoms with van der Waals surface area (Å²) in [5.41, 5.74) is 1.94. The molecule has 1 aliphatic heterocycles. The quantitative estimate of drug-likeness (QED) is 0.768. The van der Waals surface area contributed by atoms with Crippen LogP contribution in [0.5, 0.6) is 0 Å². The summed E-state index contributed by atoms with van der Waals surface area (Å²) in [6.07, 6.45) is 0. The van der Waals surface area contributed by atoms with Gasteiger partial charge in [0.2, 0.25) is 9.84 Å². The molecule has 0 radical (unpaired) electrons. The first-order valence-electron chi connectivity index (χ1n) is 8.04. The zero-order chi connectivity index (χ0) is 16.6. The largest absolute Gasteiger partial charge is 0.367 e. The molecule has 4 rings (SSSR count). The molecular weight excluding hydrogens is 322 g/mol. The fourth-order valence-electron chi connectivity index (χ4n) is 3.16. The molecule has 0 amide bonds. The number of aromatic nitrogens is 1. The molecule has 2 aromatic carbocycles. The standard InChI is InChI=1S/C18H19N3O2S/c22-24(23,15-6-2-1-3-7-15)17-13-14-5-4-8-16(18(14)20-17)21-11-9-19-10-12-21/h1-8,13,19-20H,9-12H2. The summed E-state index contributed by atoms with van der Waals surface area (Å²) in [5, 5.41) is 4.49. The van der Waals surface area contributed by atoms with Gasteiger partial charge in [-0.15, -0.1) is 0 Å². The van der Waals surface area contributed by atoms with Gasteiger partial charge in [-0.05, 0) is 24.3 Å². The van der Waals surface area contributed by atoms with Gasteiger partial charge < -0.3 is 15.2 Å². The van der Waals surface area contributed by atoms with Crippen molar-refractivity contribution >= 4 is 26.4 Å². The van der Waals surface area contributed by atoms with E-state index in [1.807, 2.05) is 24.3 Å². The lowest BCUT2D eigenvalue weighted by molar-refractivity contribution is 0.589. The maximum absolute atomic E-state index is 12.8. The van der Waals surface area contributed by atoms with Crippen LogP contribution < -0.4 is 10.2 Å². The Balaban J connectivity index is 1.81. The first-order valence-corrected chi connectivity index (χ1v) is 9.52. The molecule has 1 aliphatic rings. The molecule has 2 N–H and O–H groups in total. The molecule has 6 heteroatoms. The van der Waals surface area contributed by atoms with Crippen LogP contribution >= 0.6 is 0 Å². The molecule has 5 nitrogen and oxygen atoms in total. The lowest BCUT2D eigenvalue weighted by atomic mass is 10.2. The number of hydrogen-bond acceptors (Lipinski definition) is 4. The second-order valence-electron chi connectivity index (χ2n) is 5.93. The maximum atomic E-state index is 12.8. The summed E-state index contributed by atoms with van der Waals surface area (Å²) in [5.74, 6) is 0. The number of nitrogens with one attached hydrogen (secondary N) is 2. The molecule has 0 unspecified atom stereocenters. The van der Waals surface area contributed by atoms with Crippen molar-refractivity contribution in [2.24, 2.45) is 0 Å². The summed E-state index contributed by atoms with van der Waals surface area (Å²) >= 11 is 0. The van der Waals surface area contributed by atoms with Gasteiger partial charge >= 0.3 is 0 Å². The summed E-state index contributed by atoms with van der Waals surface area (Å²) in [6.45, 7) is 3.70. The number of rotatable bonds is 3. The Morgan fingerprint density at radius 3 is 2.42 bits per heavy atom. The lowest BCUT2D eigenvalue weighted by Gasteiger charge is -2.29. The van der Waals surface area contributed by atoms with Crippen LogP contribution in [-0.4, -0.2) is 39.6 Å². The van der Waals surface area contributed by atoms with Gasteiger partial charge in [-0.2, -0.15) is 0 Å². The number of hydrogen-bond donors (Lipinski definition) is 2. The highest BCUT2D eigenvalue weighted by Gasteiger charge is 2.21. The molecule has 0 saturated carbocycles. The first kappa shape index (κ1) is 15.2. The van der Waals surface area contributed by atoms with Crippen molar-refractivity contribution in [1.82, 2.24) is 10.3 Å². The van der Waals surface area contributed by atoms with Crippen LogP contribution in [0.1, 0.15) is 0 Å². The van der Waals surface area contributed by atoms with E-state index in [-0.39, 0.29) is 5.03 Å². The number of sulfone groups is 1. The Morgan fingerprint density at radius 2 is 1.67 bits per heavy atom. The van der Waals surface area contributed by atoms with Gasteiger partial charge in [0.25, 0.3) is 0 Å². The van der Waals surface area contributed by atoms with Crippen molar-refractivity contribution in [3.8, 4) is 0 Å². The fourth-order valence-corrected chi connectivity index (χ4v) is 4.44. The van der Waals surface area contributed by atoms with Crippen molar-refractivity contribution in [2.45, 2.75) is 9.92 Å².